The highest BCUT2D eigenvalue weighted by molar-refractivity contribution is 6.08. The Labute approximate surface area is 164 Å². The van der Waals surface area contributed by atoms with E-state index in [9.17, 15) is 24.6 Å². The highest BCUT2D eigenvalue weighted by Gasteiger charge is 2.24. The predicted molar refractivity (Wildman–Crippen MR) is 105 cm³/mol. The molecule has 2 aromatic rings. The monoisotopic (exact) mass is 383 g/mol. The first-order valence-electron chi connectivity index (χ1n) is 9.18. The summed E-state index contributed by atoms with van der Waals surface area (Å²) in [6.45, 7) is 3.73. The number of carboxylic acids is 1. The Hall–Kier alpha value is -2.99. The molecular weight excluding hydrogens is 358 g/mol. The number of hydrogen-bond acceptors (Lipinski definition) is 4. The Morgan fingerprint density at radius 1 is 0.929 bits per heavy atom. The number of benzene rings is 2. The van der Waals surface area contributed by atoms with Crippen molar-refractivity contribution in [2.45, 2.75) is 38.8 Å². The Balaban J connectivity index is 2.04. The van der Waals surface area contributed by atoms with Crippen LogP contribution in [-0.4, -0.2) is 40.0 Å². The van der Waals surface area contributed by atoms with Crippen LogP contribution in [0.3, 0.4) is 0 Å². The smallest absolute Gasteiger partial charge is 0.326 e. The summed E-state index contributed by atoms with van der Waals surface area (Å²) in [5, 5.41) is 21.6. The fourth-order valence-corrected chi connectivity index (χ4v) is 2.81. The van der Waals surface area contributed by atoms with Crippen molar-refractivity contribution in [3.8, 4) is 0 Å². The molecule has 0 radical (unpaired) electrons. The van der Waals surface area contributed by atoms with E-state index in [-0.39, 0.29) is 24.5 Å². The third-order valence-electron chi connectivity index (χ3n) is 4.30. The molecule has 0 bridgehead atoms. The molecule has 0 aliphatic rings. The number of carboxylic acid groups (broad SMARTS) is 1. The molecule has 6 heteroatoms. The quantitative estimate of drug-likeness (QED) is 0.577. The van der Waals surface area contributed by atoms with Crippen LogP contribution in [0, 0.1) is 5.92 Å². The van der Waals surface area contributed by atoms with E-state index < -0.39 is 24.0 Å². The molecule has 148 valence electrons. The fourth-order valence-electron chi connectivity index (χ4n) is 2.81. The third-order valence-corrected chi connectivity index (χ3v) is 4.30. The summed E-state index contributed by atoms with van der Waals surface area (Å²) >= 11 is 0. The van der Waals surface area contributed by atoms with Crippen LogP contribution in [0.2, 0.25) is 0 Å². The minimum absolute atomic E-state index is 0.0509. The molecule has 0 heterocycles. The van der Waals surface area contributed by atoms with Gasteiger partial charge in [-0.05, 0) is 17.9 Å². The van der Waals surface area contributed by atoms with Gasteiger partial charge in [-0.25, -0.2) is 4.79 Å². The molecule has 0 saturated heterocycles. The average Bonchev–Trinajstić information content (AvgIpc) is 2.67. The molecule has 0 aliphatic carbocycles. The molecule has 2 atom stereocenters. The highest BCUT2D eigenvalue weighted by Crippen LogP contribution is 2.13. The van der Waals surface area contributed by atoms with E-state index in [1.165, 1.54) is 0 Å². The molecule has 28 heavy (non-hydrogen) atoms. The largest absolute Gasteiger partial charge is 0.480 e. The zero-order chi connectivity index (χ0) is 20.7. The van der Waals surface area contributed by atoms with Crippen LogP contribution >= 0.6 is 0 Å². The van der Waals surface area contributed by atoms with Crippen molar-refractivity contribution in [3.63, 3.8) is 0 Å². The summed E-state index contributed by atoms with van der Waals surface area (Å²) in [6.07, 6.45) is -0.934. The Morgan fingerprint density at radius 3 is 2.04 bits per heavy atom. The van der Waals surface area contributed by atoms with Crippen molar-refractivity contribution in [2.24, 2.45) is 5.92 Å². The van der Waals surface area contributed by atoms with Crippen molar-refractivity contribution in [3.05, 3.63) is 71.3 Å². The van der Waals surface area contributed by atoms with Crippen molar-refractivity contribution >= 4 is 17.7 Å². The van der Waals surface area contributed by atoms with Gasteiger partial charge >= 0.3 is 5.97 Å². The van der Waals surface area contributed by atoms with Crippen LogP contribution in [0.15, 0.2) is 54.6 Å². The Bertz CT molecular complexity index is 815. The van der Waals surface area contributed by atoms with E-state index >= 15 is 0 Å². The lowest BCUT2D eigenvalue weighted by Crippen LogP contribution is -2.46. The molecule has 3 N–H and O–H groups in total. The number of amides is 1. The molecule has 2 rings (SSSR count). The summed E-state index contributed by atoms with van der Waals surface area (Å²) in [5.41, 5.74) is 1.74. The van der Waals surface area contributed by atoms with Gasteiger partial charge in [0.25, 0.3) is 0 Å². The Morgan fingerprint density at radius 2 is 1.50 bits per heavy atom. The summed E-state index contributed by atoms with van der Waals surface area (Å²) in [7, 11) is 0. The van der Waals surface area contributed by atoms with Crippen LogP contribution in [0.5, 0.6) is 0 Å². The first-order valence-corrected chi connectivity index (χ1v) is 9.18. The molecule has 0 saturated carbocycles. The summed E-state index contributed by atoms with van der Waals surface area (Å²) in [6, 6.07) is 14.3. The number of carbonyl (C=O) groups excluding carboxylic acids is 2. The maximum absolute atomic E-state index is 12.4. The first-order chi connectivity index (χ1) is 13.3. The second-order valence-electron chi connectivity index (χ2n) is 7.14. The molecule has 6 nitrogen and oxygen atoms in total. The topological polar surface area (TPSA) is 104 Å². The first kappa shape index (κ1) is 21.3. The lowest BCUT2D eigenvalue weighted by molar-refractivity contribution is -0.143. The van der Waals surface area contributed by atoms with Gasteiger partial charge in [0.2, 0.25) is 5.91 Å². The third kappa shape index (κ3) is 6.03. The number of carbonyl (C=O) groups is 3. The fraction of sp³-hybridized carbons (Fsp3) is 0.318. The van der Waals surface area contributed by atoms with E-state index in [2.05, 4.69) is 5.32 Å². The standard InChI is InChI=1S/C22H25NO5/c1-14(2)12-19(24)21(26)23-18(22(27)28)13-15-8-10-17(11-9-15)20(25)16-6-4-3-5-7-16/h3-11,14,18-19,24H,12-13H2,1-2H3,(H,23,26)(H,27,28)/t18-,19-/m0/s1. The van der Waals surface area contributed by atoms with Crippen LogP contribution in [0.4, 0.5) is 0 Å². The number of aliphatic hydroxyl groups excluding tert-OH is 1. The van der Waals surface area contributed by atoms with E-state index in [0.717, 1.165) is 0 Å². The van der Waals surface area contributed by atoms with Crippen LogP contribution in [0.1, 0.15) is 41.8 Å². The van der Waals surface area contributed by atoms with Crippen molar-refractivity contribution < 1.29 is 24.6 Å². The maximum Gasteiger partial charge on any atom is 0.326 e. The average molecular weight is 383 g/mol. The van der Waals surface area contributed by atoms with Gasteiger partial charge in [-0.3, -0.25) is 9.59 Å². The second-order valence-corrected chi connectivity index (χ2v) is 7.14. The van der Waals surface area contributed by atoms with Crippen molar-refractivity contribution in [2.75, 3.05) is 0 Å². The molecule has 0 aliphatic heterocycles. The van der Waals surface area contributed by atoms with Gasteiger partial charge in [-0.2, -0.15) is 0 Å². The molecule has 1 amide bonds. The van der Waals surface area contributed by atoms with Crippen LogP contribution in [0.25, 0.3) is 0 Å². The number of hydrogen-bond donors (Lipinski definition) is 3. The minimum Gasteiger partial charge on any atom is -0.480 e. The molecular formula is C22H25NO5. The zero-order valence-electron chi connectivity index (χ0n) is 16.0. The molecule has 0 spiro atoms. The van der Waals surface area contributed by atoms with E-state index in [1.807, 2.05) is 19.9 Å². The molecule has 0 unspecified atom stereocenters. The summed E-state index contributed by atoms with van der Waals surface area (Å²) < 4.78 is 0. The van der Waals surface area contributed by atoms with Crippen LogP contribution in [-0.2, 0) is 16.0 Å². The number of nitrogens with one attached hydrogen (secondary N) is 1. The zero-order valence-corrected chi connectivity index (χ0v) is 16.0. The number of aliphatic hydroxyl groups is 1. The predicted octanol–water partition coefficient (Wildman–Crippen LogP) is 2.44. The molecule has 0 fully saturated rings. The van der Waals surface area contributed by atoms with Crippen LogP contribution < -0.4 is 5.32 Å². The number of aliphatic carboxylic acids is 1. The van der Waals surface area contributed by atoms with E-state index in [1.54, 1.807) is 48.5 Å². The van der Waals surface area contributed by atoms with Gasteiger partial charge in [0, 0.05) is 17.5 Å². The lowest BCUT2D eigenvalue weighted by atomic mass is 9.99. The second kappa shape index (κ2) is 9.80. The molecule has 0 aromatic heterocycles. The van der Waals surface area contributed by atoms with Gasteiger partial charge in [0.05, 0.1) is 0 Å². The van der Waals surface area contributed by atoms with Gasteiger partial charge in [0.15, 0.2) is 5.78 Å². The highest BCUT2D eigenvalue weighted by atomic mass is 16.4. The van der Waals surface area contributed by atoms with Gasteiger partial charge in [-0.15, -0.1) is 0 Å². The van der Waals surface area contributed by atoms with Gasteiger partial charge in [0.1, 0.15) is 12.1 Å². The van der Waals surface area contributed by atoms with Crippen molar-refractivity contribution in [1.29, 1.82) is 0 Å². The summed E-state index contributed by atoms with van der Waals surface area (Å²) in [4.78, 5) is 35.9. The number of rotatable bonds is 9. The SMILES string of the molecule is CC(C)C[C@H](O)C(=O)N[C@@H](Cc1ccc(C(=O)c2ccccc2)cc1)C(=O)O. The Kier molecular flexibility index (Phi) is 7.46. The van der Waals surface area contributed by atoms with E-state index in [4.69, 9.17) is 0 Å². The lowest BCUT2D eigenvalue weighted by Gasteiger charge is -2.18. The normalized spacial score (nSPS) is 13.0. The van der Waals surface area contributed by atoms with Crippen molar-refractivity contribution in [1.82, 2.24) is 5.32 Å². The molecule has 2 aromatic carbocycles. The van der Waals surface area contributed by atoms with Gasteiger partial charge < -0.3 is 15.5 Å². The van der Waals surface area contributed by atoms with E-state index in [0.29, 0.717) is 16.7 Å². The minimum atomic E-state index is -1.24. The summed E-state index contributed by atoms with van der Waals surface area (Å²) in [5.74, 6) is -1.89. The number of ketones is 1. The maximum atomic E-state index is 12.4. The van der Waals surface area contributed by atoms with Gasteiger partial charge in [-0.1, -0.05) is 68.4 Å².